The fourth-order valence-electron chi connectivity index (χ4n) is 3.32. The number of allylic oxidation sites excluding steroid dienone is 1. The standard InChI is InChI=1S/C29H34O8/c1-5-7-8-22-9-10-27(23(6-2)13-22)24-14-25(34-11-12-35-28(32)20(3)17-30)16-26(15-24)36-19-37-29(33)21(4)18-31/h5,9-10,13-16,30-31H,1,3-4,6-8,11-12,17-19H2,2H3. The van der Waals surface area contributed by atoms with Crippen molar-refractivity contribution in [3.8, 4) is 22.6 Å². The van der Waals surface area contributed by atoms with Crippen molar-refractivity contribution < 1.29 is 38.7 Å². The van der Waals surface area contributed by atoms with Crippen LogP contribution in [0.1, 0.15) is 24.5 Å². The van der Waals surface area contributed by atoms with Crippen LogP contribution >= 0.6 is 0 Å². The van der Waals surface area contributed by atoms with Crippen molar-refractivity contribution in [2.45, 2.75) is 26.2 Å². The summed E-state index contributed by atoms with van der Waals surface area (Å²) in [5.41, 5.74) is 4.06. The highest BCUT2D eigenvalue weighted by atomic mass is 16.7. The molecule has 0 heterocycles. The molecule has 0 atom stereocenters. The van der Waals surface area contributed by atoms with Gasteiger partial charge in [0, 0.05) is 6.07 Å². The highest BCUT2D eigenvalue weighted by Crippen LogP contribution is 2.33. The molecule has 0 spiro atoms. The summed E-state index contributed by atoms with van der Waals surface area (Å²) in [6.45, 7) is 11.3. The summed E-state index contributed by atoms with van der Waals surface area (Å²) in [5, 5.41) is 18.0. The summed E-state index contributed by atoms with van der Waals surface area (Å²) in [6.07, 6.45) is 4.50. The van der Waals surface area contributed by atoms with E-state index in [1.807, 2.05) is 24.3 Å². The van der Waals surface area contributed by atoms with Gasteiger partial charge in [0.15, 0.2) is 0 Å². The van der Waals surface area contributed by atoms with Crippen LogP contribution in [-0.2, 0) is 31.9 Å². The molecule has 0 radical (unpaired) electrons. The third kappa shape index (κ3) is 9.25. The van der Waals surface area contributed by atoms with Gasteiger partial charge < -0.3 is 29.2 Å². The fourth-order valence-corrected chi connectivity index (χ4v) is 3.32. The highest BCUT2D eigenvalue weighted by Gasteiger charge is 2.12. The van der Waals surface area contributed by atoms with Gasteiger partial charge in [0.05, 0.1) is 24.4 Å². The first-order chi connectivity index (χ1) is 17.8. The van der Waals surface area contributed by atoms with E-state index in [1.54, 1.807) is 6.07 Å². The Hall–Kier alpha value is -3.88. The minimum atomic E-state index is -0.759. The fraction of sp³-hybridized carbons (Fsp3) is 0.310. The number of aliphatic hydroxyl groups is 2. The molecule has 0 saturated carbocycles. The van der Waals surface area contributed by atoms with Gasteiger partial charge in [-0.3, -0.25) is 0 Å². The molecule has 2 rings (SSSR count). The number of esters is 2. The number of aryl methyl sites for hydroxylation is 2. The molecule has 198 valence electrons. The van der Waals surface area contributed by atoms with Crippen LogP contribution in [-0.4, -0.2) is 55.4 Å². The van der Waals surface area contributed by atoms with Crippen LogP contribution in [0.2, 0.25) is 0 Å². The van der Waals surface area contributed by atoms with E-state index in [0.717, 1.165) is 36.0 Å². The van der Waals surface area contributed by atoms with E-state index in [-0.39, 0.29) is 31.2 Å². The smallest absolute Gasteiger partial charge is 0.338 e. The van der Waals surface area contributed by atoms with Crippen LogP contribution < -0.4 is 9.47 Å². The topological polar surface area (TPSA) is 112 Å². The van der Waals surface area contributed by atoms with E-state index in [2.05, 4.69) is 38.8 Å². The largest absolute Gasteiger partial charge is 0.490 e. The Kier molecular flexibility index (Phi) is 12.1. The molecule has 0 aromatic heterocycles. The predicted molar refractivity (Wildman–Crippen MR) is 140 cm³/mol. The maximum absolute atomic E-state index is 11.8. The number of rotatable bonds is 16. The van der Waals surface area contributed by atoms with Crippen molar-refractivity contribution in [2.24, 2.45) is 0 Å². The van der Waals surface area contributed by atoms with Gasteiger partial charge in [-0.15, -0.1) is 6.58 Å². The Labute approximate surface area is 217 Å². The Morgan fingerprint density at radius 2 is 1.54 bits per heavy atom. The third-order valence-corrected chi connectivity index (χ3v) is 5.34. The van der Waals surface area contributed by atoms with E-state index >= 15 is 0 Å². The van der Waals surface area contributed by atoms with E-state index in [1.165, 1.54) is 5.56 Å². The Morgan fingerprint density at radius 1 is 0.892 bits per heavy atom. The Balaban J connectivity index is 2.25. The summed E-state index contributed by atoms with van der Waals surface area (Å²) in [4.78, 5) is 23.4. The molecule has 0 aliphatic rings. The van der Waals surface area contributed by atoms with Crippen LogP contribution in [0.15, 0.2) is 73.4 Å². The van der Waals surface area contributed by atoms with E-state index in [0.29, 0.717) is 11.5 Å². The lowest BCUT2D eigenvalue weighted by Crippen LogP contribution is -2.15. The lowest BCUT2D eigenvalue weighted by atomic mass is 9.94. The maximum Gasteiger partial charge on any atom is 0.338 e. The molecule has 0 bridgehead atoms. The molecule has 0 fully saturated rings. The monoisotopic (exact) mass is 510 g/mol. The molecular weight excluding hydrogens is 476 g/mol. The first kappa shape index (κ1) is 29.4. The normalized spacial score (nSPS) is 10.4. The summed E-state index contributed by atoms with van der Waals surface area (Å²) in [7, 11) is 0. The number of aliphatic hydroxyl groups excluding tert-OH is 2. The zero-order chi connectivity index (χ0) is 27.2. The molecular formula is C29H34O8. The highest BCUT2D eigenvalue weighted by molar-refractivity contribution is 5.88. The summed E-state index contributed by atoms with van der Waals surface area (Å²) in [6, 6.07) is 11.6. The van der Waals surface area contributed by atoms with Crippen LogP contribution in [0.3, 0.4) is 0 Å². The molecule has 8 nitrogen and oxygen atoms in total. The molecule has 37 heavy (non-hydrogen) atoms. The number of hydrogen-bond donors (Lipinski definition) is 2. The van der Waals surface area contributed by atoms with Crippen LogP contribution in [0.4, 0.5) is 0 Å². The summed E-state index contributed by atoms with van der Waals surface area (Å²) < 4.78 is 21.4. The average Bonchev–Trinajstić information content (AvgIpc) is 2.92. The van der Waals surface area contributed by atoms with Crippen molar-refractivity contribution in [3.63, 3.8) is 0 Å². The lowest BCUT2D eigenvalue weighted by molar-refractivity contribution is -0.146. The van der Waals surface area contributed by atoms with Gasteiger partial charge in [-0.2, -0.15) is 0 Å². The SMILES string of the molecule is C=CCCc1ccc(-c2cc(OCCOC(=O)C(=C)CO)cc(OCOC(=O)C(=C)CO)c2)c(CC)c1. The van der Waals surface area contributed by atoms with Crippen molar-refractivity contribution in [2.75, 3.05) is 33.2 Å². The molecule has 0 unspecified atom stereocenters. The van der Waals surface area contributed by atoms with Crippen molar-refractivity contribution in [1.82, 2.24) is 0 Å². The van der Waals surface area contributed by atoms with E-state index in [4.69, 9.17) is 29.2 Å². The Morgan fingerprint density at radius 3 is 2.16 bits per heavy atom. The maximum atomic E-state index is 11.8. The van der Waals surface area contributed by atoms with Crippen LogP contribution in [0, 0.1) is 0 Å². The third-order valence-electron chi connectivity index (χ3n) is 5.34. The molecule has 2 aromatic rings. The van der Waals surface area contributed by atoms with Gasteiger partial charge in [-0.25, -0.2) is 9.59 Å². The number of hydrogen-bond acceptors (Lipinski definition) is 8. The van der Waals surface area contributed by atoms with Gasteiger partial charge in [0.2, 0.25) is 6.79 Å². The van der Waals surface area contributed by atoms with Gasteiger partial charge >= 0.3 is 11.9 Å². The quantitative estimate of drug-likeness (QED) is 0.115. The molecule has 2 N–H and O–H groups in total. The van der Waals surface area contributed by atoms with Crippen molar-refractivity contribution >= 4 is 11.9 Å². The van der Waals surface area contributed by atoms with Crippen LogP contribution in [0.5, 0.6) is 11.5 Å². The minimum Gasteiger partial charge on any atom is -0.490 e. The zero-order valence-corrected chi connectivity index (χ0v) is 21.2. The zero-order valence-electron chi connectivity index (χ0n) is 21.2. The number of carbonyl (C=O) groups excluding carboxylic acids is 2. The number of benzene rings is 2. The molecule has 2 aromatic carbocycles. The second kappa shape index (κ2) is 15.3. The number of ether oxygens (including phenoxy) is 4. The second-order valence-electron chi connectivity index (χ2n) is 8.07. The van der Waals surface area contributed by atoms with Crippen LogP contribution in [0.25, 0.3) is 11.1 Å². The molecule has 0 aliphatic carbocycles. The molecule has 0 aliphatic heterocycles. The Bertz CT molecular complexity index is 1120. The first-order valence-corrected chi connectivity index (χ1v) is 11.9. The van der Waals surface area contributed by atoms with Gasteiger partial charge in [0.1, 0.15) is 24.7 Å². The molecule has 0 amide bonds. The predicted octanol–water partition coefficient (Wildman–Crippen LogP) is 3.93. The molecule has 0 saturated heterocycles. The lowest BCUT2D eigenvalue weighted by Gasteiger charge is -2.15. The van der Waals surface area contributed by atoms with Gasteiger partial charge in [0.25, 0.3) is 0 Å². The van der Waals surface area contributed by atoms with E-state index in [9.17, 15) is 9.59 Å². The second-order valence-corrected chi connectivity index (χ2v) is 8.07. The number of carbonyl (C=O) groups is 2. The average molecular weight is 511 g/mol. The van der Waals surface area contributed by atoms with E-state index < -0.39 is 25.2 Å². The van der Waals surface area contributed by atoms with Crippen molar-refractivity contribution in [1.29, 1.82) is 0 Å². The summed E-state index contributed by atoms with van der Waals surface area (Å²) >= 11 is 0. The summed E-state index contributed by atoms with van der Waals surface area (Å²) in [5.74, 6) is -0.615. The van der Waals surface area contributed by atoms with Crippen molar-refractivity contribution in [3.05, 3.63) is 84.5 Å². The van der Waals surface area contributed by atoms with Gasteiger partial charge in [-0.1, -0.05) is 44.4 Å². The minimum absolute atomic E-state index is 0.0419. The molecule has 8 heteroatoms. The first-order valence-electron chi connectivity index (χ1n) is 11.9. The van der Waals surface area contributed by atoms with Gasteiger partial charge in [-0.05, 0) is 53.6 Å².